The molecular weight excluding hydrogens is 268 g/mol. The monoisotopic (exact) mass is 284 g/mol. The molecule has 1 aromatic carbocycles. The number of carbonyl (C=O) groups excluding carboxylic acids is 1. The Bertz CT molecular complexity index is 598. The van der Waals surface area contributed by atoms with Crippen LogP contribution in [0.3, 0.4) is 0 Å². The minimum Gasteiger partial charge on any atom is -0.479 e. The fourth-order valence-electron chi connectivity index (χ4n) is 1.77. The van der Waals surface area contributed by atoms with E-state index >= 15 is 0 Å². The molecule has 0 spiro atoms. The smallest absolute Gasteiger partial charge is 0.265 e. The molecule has 19 heavy (non-hydrogen) atoms. The number of hydrogen-bond acceptors (Lipinski definition) is 5. The van der Waals surface area contributed by atoms with Gasteiger partial charge in [-0.3, -0.25) is 4.79 Å². The van der Waals surface area contributed by atoms with Crippen LogP contribution in [0.1, 0.15) is 13.3 Å². The molecule has 1 unspecified atom stereocenters. The van der Waals surface area contributed by atoms with Crippen molar-refractivity contribution >= 4 is 21.4 Å². The van der Waals surface area contributed by atoms with Crippen molar-refractivity contribution < 1.29 is 17.9 Å². The average molecular weight is 284 g/mol. The molecule has 1 atom stereocenters. The van der Waals surface area contributed by atoms with Gasteiger partial charge in [0.15, 0.2) is 15.9 Å². The van der Waals surface area contributed by atoms with Gasteiger partial charge in [0, 0.05) is 0 Å². The Balaban J connectivity index is 2.32. The van der Waals surface area contributed by atoms with Gasteiger partial charge in [0.25, 0.3) is 5.91 Å². The summed E-state index contributed by atoms with van der Waals surface area (Å²) in [6.07, 6.45) is -0.175. The summed E-state index contributed by atoms with van der Waals surface area (Å²) in [5.74, 6) is 0.182. The number of fused-ring (bicyclic) bond motifs is 1. The van der Waals surface area contributed by atoms with E-state index in [0.29, 0.717) is 24.4 Å². The van der Waals surface area contributed by atoms with Gasteiger partial charge >= 0.3 is 0 Å². The van der Waals surface area contributed by atoms with E-state index in [1.54, 1.807) is 13.0 Å². The summed E-state index contributed by atoms with van der Waals surface area (Å²) >= 11 is 0. The van der Waals surface area contributed by atoms with Gasteiger partial charge in [-0.15, -0.1) is 0 Å². The van der Waals surface area contributed by atoms with Gasteiger partial charge in [0.05, 0.1) is 16.3 Å². The number of rotatable bonds is 4. The lowest BCUT2D eigenvalue weighted by atomic mass is 10.2. The van der Waals surface area contributed by atoms with Crippen molar-refractivity contribution in [3.8, 4) is 5.75 Å². The van der Waals surface area contributed by atoms with Crippen LogP contribution in [0.4, 0.5) is 5.69 Å². The maximum Gasteiger partial charge on any atom is 0.265 e. The summed E-state index contributed by atoms with van der Waals surface area (Å²) in [7, 11) is -3.37. The highest BCUT2D eigenvalue weighted by atomic mass is 32.2. The van der Waals surface area contributed by atoms with E-state index in [4.69, 9.17) is 10.5 Å². The number of sulfone groups is 1. The third kappa shape index (κ3) is 2.87. The Kier molecular flexibility index (Phi) is 3.77. The summed E-state index contributed by atoms with van der Waals surface area (Å²) < 4.78 is 29.4. The zero-order valence-corrected chi connectivity index (χ0v) is 11.4. The second-order valence-corrected chi connectivity index (χ2v) is 6.48. The van der Waals surface area contributed by atoms with Crippen LogP contribution in [0.15, 0.2) is 23.1 Å². The quantitative estimate of drug-likeness (QED) is 0.840. The first-order valence-corrected chi connectivity index (χ1v) is 7.63. The standard InChI is InChI=1S/C12H16N2O4S/c1-8-12(15)14-10-7-9(3-4-11(10)18-8)19(16,17)6-2-5-13/h3-4,7-8H,2,5-6,13H2,1H3,(H,14,15). The third-order valence-electron chi connectivity index (χ3n) is 2.86. The van der Waals surface area contributed by atoms with Crippen molar-refractivity contribution in [1.29, 1.82) is 0 Å². The van der Waals surface area contributed by atoms with Crippen LogP contribution in [-0.2, 0) is 14.6 Å². The molecule has 1 heterocycles. The minimum absolute atomic E-state index is 0.00646. The van der Waals surface area contributed by atoms with Crippen molar-refractivity contribution in [2.75, 3.05) is 17.6 Å². The number of nitrogens with two attached hydrogens (primary N) is 1. The zero-order valence-electron chi connectivity index (χ0n) is 10.5. The summed E-state index contributed by atoms with van der Waals surface area (Å²) in [5.41, 5.74) is 5.70. The van der Waals surface area contributed by atoms with E-state index in [2.05, 4.69) is 5.32 Å². The molecule has 1 aromatic rings. The number of benzene rings is 1. The molecule has 0 saturated carbocycles. The lowest BCUT2D eigenvalue weighted by Crippen LogP contribution is -2.34. The normalized spacial score (nSPS) is 18.4. The van der Waals surface area contributed by atoms with E-state index in [0.717, 1.165) is 0 Å². The molecule has 104 valence electrons. The molecule has 0 bridgehead atoms. The van der Waals surface area contributed by atoms with Gasteiger partial charge < -0.3 is 15.8 Å². The molecule has 2 rings (SSSR count). The minimum atomic E-state index is -3.37. The van der Waals surface area contributed by atoms with Gasteiger partial charge in [-0.05, 0) is 38.1 Å². The second-order valence-electron chi connectivity index (χ2n) is 4.37. The molecule has 1 aliphatic heterocycles. The van der Waals surface area contributed by atoms with E-state index in [1.807, 2.05) is 0 Å². The highest BCUT2D eigenvalue weighted by Gasteiger charge is 2.25. The van der Waals surface area contributed by atoms with E-state index in [-0.39, 0.29) is 16.6 Å². The third-order valence-corrected chi connectivity index (χ3v) is 4.66. The van der Waals surface area contributed by atoms with Crippen LogP contribution >= 0.6 is 0 Å². The topological polar surface area (TPSA) is 98.5 Å². The SMILES string of the molecule is CC1Oc2ccc(S(=O)(=O)CCCN)cc2NC1=O. The number of hydrogen-bond donors (Lipinski definition) is 2. The summed E-state index contributed by atoms with van der Waals surface area (Å²) in [5, 5.41) is 2.63. The Morgan fingerprint density at radius 2 is 2.16 bits per heavy atom. The first-order chi connectivity index (χ1) is 8.94. The molecule has 0 aliphatic carbocycles. The van der Waals surface area contributed by atoms with Gasteiger partial charge in [0.1, 0.15) is 5.75 Å². The van der Waals surface area contributed by atoms with E-state index in [9.17, 15) is 13.2 Å². The Hall–Kier alpha value is -1.60. The lowest BCUT2D eigenvalue weighted by molar-refractivity contribution is -0.122. The average Bonchev–Trinajstić information content (AvgIpc) is 2.37. The molecular formula is C12H16N2O4S. The largest absolute Gasteiger partial charge is 0.479 e. The van der Waals surface area contributed by atoms with Crippen molar-refractivity contribution in [3.05, 3.63) is 18.2 Å². The molecule has 3 N–H and O–H groups in total. The van der Waals surface area contributed by atoms with Crippen LogP contribution in [0.25, 0.3) is 0 Å². The van der Waals surface area contributed by atoms with Crippen molar-refractivity contribution in [2.24, 2.45) is 5.73 Å². The van der Waals surface area contributed by atoms with Gasteiger partial charge in [-0.1, -0.05) is 0 Å². The first kappa shape index (κ1) is 13.8. The van der Waals surface area contributed by atoms with Gasteiger partial charge in [-0.25, -0.2) is 8.42 Å². The van der Waals surface area contributed by atoms with Gasteiger partial charge in [0.2, 0.25) is 0 Å². The molecule has 1 aliphatic rings. The second kappa shape index (κ2) is 5.18. The molecule has 0 fully saturated rings. The fourth-order valence-corrected chi connectivity index (χ4v) is 3.13. The Morgan fingerprint density at radius 1 is 1.42 bits per heavy atom. The fraction of sp³-hybridized carbons (Fsp3) is 0.417. The zero-order chi connectivity index (χ0) is 14.0. The number of ether oxygens (including phenoxy) is 1. The van der Waals surface area contributed by atoms with Crippen LogP contribution in [0, 0.1) is 0 Å². The molecule has 1 amide bonds. The highest BCUT2D eigenvalue weighted by Crippen LogP contribution is 2.32. The Labute approximate surface area is 111 Å². The number of anilines is 1. The molecule has 0 saturated heterocycles. The number of amides is 1. The van der Waals surface area contributed by atoms with Crippen LogP contribution in [-0.4, -0.2) is 32.7 Å². The maximum atomic E-state index is 12.0. The summed E-state index contributed by atoms with van der Waals surface area (Å²) in [6.45, 7) is 1.95. The Morgan fingerprint density at radius 3 is 2.84 bits per heavy atom. The van der Waals surface area contributed by atoms with Crippen molar-refractivity contribution in [3.63, 3.8) is 0 Å². The highest BCUT2D eigenvalue weighted by molar-refractivity contribution is 7.91. The van der Waals surface area contributed by atoms with Crippen molar-refractivity contribution in [2.45, 2.75) is 24.3 Å². The molecule has 0 radical (unpaired) electrons. The van der Waals surface area contributed by atoms with Gasteiger partial charge in [-0.2, -0.15) is 0 Å². The van der Waals surface area contributed by atoms with E-state index < -0.39 is 15.9 Å². The first-order valence-electron chi connectivity index (χ1n) is 5.98. The number of carbonyl (C=O) groups is 1. The lowest BCUT2D eigenvalue weighted by Gasteiger charge is -2.23. The number of nitrogens with one attached hydrogen (secondary N) is 1. The van der Waals surface area contributed by atoms with Crippen LogP contribution in [0.5, 0.6) is 5.75 Å². The maximum absolute atomic E-state index is 12.0. The van der Waals surface area contributed by atoms with Crippen LogP contribution < -0.4 is 15.8 Å². The van der Waals surface area contributed by atoms with Crippen LogP contribution in [0.2, 0.25) is 0 Å². The molecule has 0 aromatic heterocycles. The molecule has 7 heteroatoms. The van der Waals surface area contributed by atoms with Crippen molar-refractivity contribution in [1.82, 2.24) is 0 Å². The molecule has 6 nitrogen and oxygen atoms in total. The summed E-state index contributed by atoms with van der Waals surface area (Å²) in [6, 6.07) is 4.46. The summed E-state index contributed by atoms with van der Waals surface area (Å²) in [4.78, 5) is 11.7. The predicted octanol–water partition coefficient (Wildman–Crippen LogP) is 0.528. The van der Waals surface area contributed by atoms with E-state index in [1.165, 1.54) is 12.1 Å². The predicted molar refractivity (Wildman–Crippen MR) is 70.9 cm³/mol.